The minimum atomic E-state index is -3.68. The summed E-state index contributed by atoms with van der Waals surface area (Å²) in [5, 5.41) is 0.925. The Kier molecular flexibility index (Phi) is 4.57. The number of hydrogen-bond acceptors (Lipinski definition) is 5. The number of fused-ring (bicyclic) bond motifs is 2. The number of thiophene rings is 1. The molecule has 29 heavy (non-hydrogen) atoms. The van der Waals surface area contributed by atoms with Crippen LogP contribution in [0.4, 0.5) is 10.1 Å². The van der Waals surface area contributed by atoms with Crippen molar-refractivity contribution >= 4 is 48.9 Å². The van der Waals surface area contributed by atoms with Crippen molar-refractivity contribution in [1.29, 1.82) is 0 Å². The summed E-state index contributed by atoms with van der Waals surface area (Å²) in [4.78, 5) is 4.62. The Morgan fingerprint density at radius 3 is 2.62 bits per heavy atom. The Morgan fingerprint density at radius 2 is 1.83 bits per heavy atom. The number of thioether (sulfide) groups is 1. The Hall–Kier alpha value is -2.42. The first-order valence-electron chi connectivity index (χ1n) is 8.92. The lowest BCUT2D eigenvalue weighted by Gasteiger charge is -2.30. The lowest BCUT2D eigenvalue weighted by atomic mass is 10.1. The molecule has 3 heterocycles. The maximum absolute atomic E-state index is 13.5. The molecule has 2 aromatic carbocycles. The maximum atomic E-state index is 13.5. The summed E-state index contributed by atoms with van der Waals surface area (Å²) in [5.74, 6) is 0.144. The van der Waals surface area contributed by atoms with E-state index in [1.54, 1.807) is 23.9 Å². The second-order valence-electron chi connectivity index (χ2n) is 6.58. The van der Waals surface area contributed by atoms with Crippen molar-refractivity contribution in [2.24, 2.45) is 0 Å². The third kappa shape index (κ3) is 3.31. The van der Waals surface area contributed by atoms with Crippen molar-refractivity contribution in [3.8, 4) is 11.1 Å². The zero-order valence-corrected chi connectivity index (χ0v) is 17.5. The fourth-order valence-corrected chi connectivity index (χ4v) is 7.50. The SMILES string of the molecule is O=S(=O)(c1cc2ccccc2s1)N1CCSc2ccc(-c3ccc(F)nc3)cc21. The molecular weight excluding hydrogens is 427 g/mol. The molecule has 0 fully saturated rings. The highest BCUT2D eigenvalue weighted by Crippen LogP contribution is 2.41. The van der Waals surface area contributed by atoms with E-state index in [-0.39, 0.29) is 0 Å². The van der Waals surface area contributed by atoms with E-state index in [2.05, 4.69) is 4.98 Å². The van der Waals surface area contributed by atoms with Gasteiger partial charge >= 0.3 is 0 Å². The zero-order chi connectivity index (χ0) is 20.0. The molecule has 0 unspecified atom stereocenters. The molecule has 5 rings (SSSR count). The Labute approximate surface area is 176 Å². The summed E-state index contributed by atoms with van der Waals surface area (Å²) in [6, 6.07) is 18.0. The molecule has 1 aliphatic heterocycles. The molecule has 4 aromatic rings. The number of pyridine rings is 1. The van der Waals surface area contributed by atoms with Crippen molar-refractivity contribution in [1.82, 2.24) is 4.98 Å². The van der Waals surface area contributed by atoms with Crippen LogP contribution in [0.3, 0.4) is 0 Å². The molecule has 0 saturated carbocycles. The summed E-state index contributed by atoms with van der Waals surface area (Å²) < 4.78 is 42.9. The third-order valence-electron chi connectivity index (χ3n) is 4.79. The number of sulfonamides is 1. The van der Waals surface area contributed by atoms with Gasteiger partial charge in [-0.25, -0.2) is 13.4 Å². The van der Waals surface area contributed by atoms with Gasteiger partial charge in [0.05, 0.1) is 5.69 Å². The van der Waals surface area contributed by atoms with Crippen LogP contribution in [0.5, 0.6) is 0 Å². The van der Waals surface area contributed by atoms with Crippen molar-refractivity contribution in [3.05, 3.63) is 72.8 Å². The summed E-state index contributed by atoms with van der Waals surface area (Å²) >= 11 is 2.92. The summed E-state index contributed by atoms with van der Waals surface area (Å²) in [6.45, 7) is 0.402. The first-order chi connectivity index (χ1) is 14.0. The number of aromatic nitrogens is 1. The average molecular weight is 443 g/mol. The molecule has 0 saturated heterocycles. The summed E-state index contributed by atoms with van der Waals surface area (Å²) in [6.07, 6.45) is 1.46. The highest BCUT2D eigenvalue weighted by molar-refractivity contribution is 8.00. The van der Waals surface area contributed by atoms with Crippen molar-refractivity contribution < 1.29 is 12.8 Å². The third-order valence-corrected chi connectivity index (χ3v) is 9.21. The van der Waals surface area contributed by atoms with Crippen molar-refractivity contribution in [3.63, 3.8) is 0 Å². The summed E-state index contributed by atoms with van der Waals surface area (Å²) in [5.41, 5.74) is 2.19. The van der Waals surface area contributed by atoms with E-state index < -0.39 is 16.0 Å². The van der Waals surface area contributed by atoms with Gasteiger partial charge in [0.25, 0.3) is 10.0 Å². The van der Waals surface area contributed by atoms with Gasteiger partial charge in [-0.1, -0.05) is 24.3 Å². The number of hydrogen-bond donors (Lipinski definition) is 0. The van der Waals surface area contributed by atoms with Crippen LogP contribution in [-0.2, 0) is 10.0 Å². The number of benzene rings is 2. The van der Waals surface area contributed by atoms with Gasteiger partial charge in [-0.2, -0.15) is 4.39 Å². The molecule has 1 aliphatic rings. The molecule has 2 aromatic heterocycles. The van der Waals surface area contributed by atoms with Gasteiger partial charge in [0.2, 0.25) is 5.95 Å². The largest absolute Gasteiger partial charge is 0.273 e. The fourth-order valence-electron chi connectivity index (χ4n) is 3.36. The second kappa shape index (κ2) is 7.12. The predicted octanol–water partition coefficient (Wildman–Crippen LogP) is 5.40. The highest BCUT2D eigenvalue weighted by Gasteiger charge is 2.31. The van der Waals surface area contributed by atoms with Gasteiger partial charge in [0.15, 0.2) is 0 Å². The molecule has 146 valence electrons. The van der Waals surface area contributed by atoms with Crippen molar-refractivity contribution in [2.75, 3.05) is 16.6 Å². The van der Waals surface area contributed by atoms with Gasteiger partial charge < -0.3 is 0 Å². The molecule has 4 nitrogen and oxygen atoms in total. The molecule has 0 bridgehead atoms. The monoisotopic (exact) mass is 442 g/mol. The normalized spacial score (nSPS) is 14.2. The van der Waals surface area contributed by atoms with E-state index in [4.69, 9.17) is 0 Å². The van der Waals surface area contributed by atoms with E-state index in [9.17, 15) is 12.8 Å². The molecule has 0 atom stereocenters. The maximum Gasteiger partial charge on any atom is 0.273 e. The smallest absolute Gasteiger partial charge is 0.264 e. The minimum Gasteiger partial charge on any atom is -0.264 e. The molecule has 0 spiro atoms. The van der Waals surface area contributed by atoms with Gasteiger partial charge in [-0.15, -0.1) is 23.1 Å². The molecular formula is C21H15FN2O2S3. The Bertz CT molecular complexity index is 1280. The van der Waals surface area contributed by atoms with E-state index in [1.807, 2.05) is 42.5 Å². The first kappa shape index (κ1) is 18.6. The van der Waals surface area contributed by atoms with Crippen LogP contribution in [0, 0.1) is 5.95 Å². The van der Waals surface area contributed by atoms with Crippen LogP contribution in [0.25, 0.3) is 21.2 Å². The van der Waals surface area contributed by atoms with E-state index in [1.165, 1.54) is 27.9 Å². The minimum absolute atomic E-state index is 0.338. The van der Waals surface area contributed by atoms with Crippen molar-refractivity contribution in [2.45, 2.75) is 9.10 Å². The number of nitrogens with zero attached hydrogens (tertiary/aromatic N) is 2. The summed E-state index contributed by atoms with van der Waals surface area (Å²) in [7, 11) is -3.68. The highest BCUT2D eigenvalue weighted by atomic mass is 32.2. The molecule has 0 radical (unpaired) electrons. The van der Waals surface area contributed by atoms with Gasteiger partial charge in [-0.05, 0) is 47.3 Å². The second-order valence-corrected chi connectivity index (χ2v) is 10.9. The molecule has 0 amide bonds. The number of halogens is 1. The average Bonchev–Trinajstić information content (AvgIpc) is 3.19. The lowest BCUT2D eigenvalue weighted by Crippen LogP contribution is -2.35. The molecule has 0 N–H and O–H groups in total. The molecule has 0 aliphatic carbocycles. The topological polar surface area (TPSA) is 50.3 Å². The van der Waals surface area contributed by atoms with Crippen LogP contribution < -0.4 is 4.31 Å². The van der Waals surface area contributed by atoms with Crippen LogP contribution >= 0.6 is 23.1 Å². The van der Waals surface area contributed by atoms with Crippen LogP contribution in [0.1, 0.15) is 0 Å². The van der Waals surface area contributed by atoms with Crippen LogP contribution in [-0.4, -0.2) is 25.7 Å². The van der Waals surface area contributed by atoms with Gasteiger partial charge in [0.1, 0.15) is 4.21 Å². The predicted molar refractivity (Wildman–Crippen MR) is 117 cm³/mol. The van der Waals surface area contributed by atoms with E-state index >= 15 is 0 Å². The Balaban J connectivity index is 1.60. The Morgan fingerprint density at radius 1 is 1.00 bits per heavy atom. The van der Waals surface area contributed by atoms with Gasteiger partial charge in [-0.3, -0.25) is 4.31 Å². The molecule has 8 heteroatoms. The van der Waals surface area contributed by atoms with Gasteiger partial charge in [0, 0.05) is 33.7 Å². The van der Waals surface area contributed by atoms with Crippen LogP contribution in [0.15, 0.2) is 76.0 Å². The fraction of sp³-hybridized carbons (Fsp3) is 0.0952. The van der Waals surface area contributed by atoms with Crippen LogP contribution in [0.2, 0.25) is 0 Å². The number of anilines is 1. The van der Waals surface area contributed by atoms with E-state index in [0.29, 0.717) is 22.2 Å². The number of rotatable bonds is 3. The van der Waals surface area contributed by atoms with E-state index in [0.717, 1.165) is 26.1 Å². The lowest BCUT2D eigenvalue weighted by molar-refractivity contribution is 0.584. The first-order valence-corrected chi connectivity index (χ1v) is 12.2. The standard InChI is InChI=1S/C21H15FN2O2S3/c22-20-8-6-16(13-23-20)14-5-7-19-17(11-14)24(9-10-27-19)29(25,26)21-12-15-3-1-2-4-18(15)28-21/h1-8,11-13H,9-10H2. The zero-order valence-electron chi connectivity index (χ0n) is 15.1. The quantitative estimate of drug-likeness (QED) is 0.399.